The molecule has 0 aromatic heterocycles. The molecule has 5 heteroatoms. The molecule has 0 radical (unpaired) electrons. The third-order valence-corrected chi connectivity index (χ3v) is 3.49. The maximum absolute atomic E-state index is 13.2. The zero-order valence-electron chi connectivity index (χ0n) is 10.6. The molecule has 0 aliphatic carbocycles. The van der Waals surface area contributed by atoms with E-state index in [0.717, 1.165) is 5.56 Å². The Morgan fingerprint density at radius 3 is 2.89 bits per heavy atom. The molecular weight excluding hydrogens is 233 g/mol. The van der Waals surface area contributed by atoms with Crippen LogP contribution in [0.5, 0.6) is 0 Å². The van der Waals surface area contributed by atoms with Crippen LogP contribution in [0.15, 0.2) is 24.3 Å². The molecule has 1 fully saturated rings. The fourth-order valence-corrected chi connectivity index (χ4v) is 2.26. The minimum atomic E-state index is -0.279. The summed E-state index contributed by atoms with van der Waals surface area (Å²) in [7, 11) is 1.74. The number of amides is 2. The molecule has 4 nitrogen and oxygen atoms in total. The summed E-state index contributed by atoms with van der Waals surface area (Å²) in [5.74, 6) is -0.279. The normalized spacial score (nSPS) is 21.6. The highest BCUT2D eigenvalue weighted by Gasteiger charge is 2.37. The summed E-state index contributed by atoms with van der Waals surface area (Å²) in [5.41, 5.74) is 6.41. The van der Waals surface area contributed by atoms with E-state index in [4.69, 9.17) is 5.73 Å². The SMILES string of the molecule is CC(CN)N1CC(c2cccc(F)c2)N(C)C1=O. The second-order valence-corrected chi connectivity index (χ2v) is 4.70. The first-order valence-electron chi connectivity index (χ1n) is 6.03. The summed E-state index contributed by atoms with van der Waals surface area (Å²) in [6, 6.07) is 6.22. The molecule has 0 bridgehead atoms. The van der Waals surface area contributed by atoms with Gasteiger partial charge in [0.2, 0.25) is 0 Å². The Labute approximate surface area is 106 Å². The predicted octanol–water partition coefficient (Wildman–Crippen LogP) is 1.58. The van der Waals surface area contributed by atoms with Gasteiger partial charge in [-0.15, -0.1) is 0 Å². The van der Waals surface area contributed by atoms with Crippen molar-refractivity contribution in [3.63, 3.8) is 0 Å². The molecule has 2 rings (SSSR count). The Morgan fingerprint density at radius 2 is 2.28 bits per heavy atom. The Morgan fingerprint density at radius 1 is 1.56 bits per heavy atom. The average Bonchev–Trinajstić information content (AvgIpc) is 2.66. The molecule has 1 aliphatic rings. The van der Waals surface area contributed by atoms with Crippen molar-refractivity contribution < 1.29 is 9.18 Å². The number of urea groups is 1. The summed E-state index contributed by atoms with van der Waals surface area (Å²) in [5, 5.41) is 0. The van der Waals surface area contributed by atoms with Gasteiger partial charge in [-0.3, -0.25) is 0 Å². The molecule has 2 N–H and O–H groups in total. The van der Waals surface area contributed by atoms with Crippen LogP contribution >= 0.6 is 0 Å². The Bertz CT molecular complexity index is 452. The molecule has 18 heavy (non-hydrogen) atoms. The molecule has 1 saturated heterocycles. The number of rotatable bonds is 3. The first-order chi connectivity index (χ1) is 8.54. The highest BCUT2D eigenvalue weighted by molar-refractivity contribution is 5.77. The van der Waals surface area contributed by atoms with Crippen LogP contribution in [0, 0.1) is 5.82 Å². The van der Waals surface area contributed by atoms with E-state index >= 15 is 0 Å². The van der Waals surface area contributed by atoms with E-state index in [-0.39, 0.29) is 23.9 Å². The van der Waals surface area contributed by atoms with Gasteiger partial charge in [0, 0.05) is 26.2 Å². The minimum Gasteiger partial charge on any atom is -0.328 e. The number of nitrogens with two attached hydrogens (primary N) is 1. The summed E-state index contributed by atoms with van der Waals surface area (Å²) >= 11 is 0. The maximum atomic E-state index is 13.2. The van der Waals surface area contributed by atoms with Crippen molar-refractivity contribution in [3.8, 4) is 0 Å². The molecule has 1 aliphatic heterocycles. The third kappa shape index (κ3) is 2.18. The largest absolute Gasteiger partial charge is 0.328 e. The monoisotopic (exact) mass is 251 g/mol. The van der Waals surface area contributed by atoms with Crippen LogP contribution < -0.4 is 5.73 Å². The van der Waals surface area contributed by atoms with Crippen LogP contribution in [0.4, 0.5) is 9.18 Å². The van der Waals surface area contributed by atoms with E-state index in [2.05, 4.69) is 0 Å². The molecule has 1 heterocycles. The van der Waals surface area contributed by atoms with Crippen LogP contribution in [0.25, 0.3) is 0 Å². The summed E-state index contributed by atoms with van der Waals surface area (Å²) in [6.45, 7) is 2.90. The molecule has 1 aromatic rings. The van der Waals surface area contributed by atoms with Crippen LogP contribution in [0.2, 0.25) is 0 Å². The van der Waals surface area contributed by atoms with Crippen LogP contribution in [-0.2, 0) is 0 Å². The summed E-state index contributed by atoms with van der Waals surface area (Å²) in [4.78, 5) is 15.4. The number of benzene rings is 1. The van der Waals surface area contributed by atoms with Gasteiger partial charge in [0.05, 0.1) is 6.04 Å². The van der Waals surface area contributed by atoms with Crippen molar-refractivity contribution in [1.82, 2.24) is 9.80 Å². The van der Waals surface area contributed by atoms with E-state index in [0.29, 0.717) is 13.1 Å². The highest BCUT2D eigenvalue weighted by atomic mass is 19.1. The molecule has 0 saturated carbocycles. The quantitative estimate of drug-likeness (QED) is 0.886. The maximum Gasteiger partial charge on any atom is 0.320 e. The number of hydrogen-bond donors (Lipinski definition) is 1. The fourth-order valence-electron chi connectivity index (χ4n) is 2.26. The van der Waals surface area contributed by atoms with Crippen molar-refractivity contribution in [2.24, 2.45) is 5.73 Å². The van der Waals surface area contributed by atoms with E-state index in [1.165, 1.54) is 12.1 Å². The fraction of sp³-hybridized carbons (Fsp3) is 0.462. The van der Waals surface area contributed by atoms with Gasteiger partial charge in [0.15, 0.2) is 0 Å². The third-order valence-electron chi connectivity index (χ3n) is 3.49. The zero-order valence-corrected chi connectivity index (χ0v) is 10.6. The van der Waals surface area contributed by atoms with Gasteiger partial charge in [-0.05, 0) is 24.6 Å². The molecule has 2 atom stereocenters. The predicted molar refractivity (Wildman–Crippen MR) is 67.5 cm³/mol. The van der Waals surface area contributed by atoms with E-state index in [9.17, 15) is 9.18 Å². The molecular formula is C13H18FN3O. The van der Waals surface area contributed by atoms with Gasteiger partial charge in [-0.1, -0.05) is 12.1 Å². The average molecular weight is 251 g/mol. The first kappa shape index (κ1) is 12.8. The number of carbonyl (C=O) groups excluding carboxylic acids is 1. The second-order valence-electron chi connectivity index (χ2n) is 4.70. The Kier molecular flexibility index (Phi) is 3.52. The lowest BCUT2D eigenvalue weighted by molar-refractivity contribution is 0.185. The van der Waals surface area contributed by atoms with Gasteiger partial charge in [0.1, 0.15) is 5.82 Å². The van der Waals surface area contributed by atoms with Gasteiger partial charge >= 0.3 is 6.03 Å². The van der Waals surface area contributed by atoms with Crippen LogP contribution in [0.1, 0.15) is 18.5 Å². The summed E-state index contributed by atoms with van der Waals surface area (Å²) < 4.78 is 13.2. The van der Waals surface area contributed by atoms with Gasteiger partial charge in [-0.2, -0.15) is 0 Å². The number of likely N-dealkylation sites (N-methyl/N-ethyl adjacent to an activating group) is 1. The van der Waals surface area contributed by atoms with Crippen molar-refractivity contribution in [2.75, 3.05) is 20.1 Å². The zero-order chi connectivity index (χ0) is 13.3. The van der Waals surface area contributed by atoms with Crippen molar-refractivity contribution in [1.29, 1.82) is 0 Å². The van der Waals surface area contributed by atoms with E-state index < -0.39 is 0 Å². The van der Waals surface area contributed by atoms with Gasteiger partial charge in [0.25, 0.3) is 0 Å². The lowest BCUT2D eigenvalue weighted by Crippen LogP contribution is -2.40. The van der Waals surface area contributed by atoms with Crippen molar-refractivity contribution in [3.05, 3.63) is 35.6 Å². The molecule has 98 valence electrons. The van der Waals surface area contributed by atoms with E-state index in [1.54, 1.807) is 22.9 Å². The number of halogens is 1. The molecule has 0 spiro atoms. The summed E-state index contributed by atoms with van der Waals surface area (Å²) in [6.07, 6.45) is 0. The Balaban J connectivity index is 2.23. The topological polar surface area (TPSA) is 49.6 Å². The smallest absolute Gasteiger partial charge is 0.320 e. The second kappa shape index (κ2) is 4.94. The Hall–Kier alpha value is -1.62. The number of carbonyl (C=O) groups is 1. The van der Waals surface area contributed by atoms with Gasteiger partial charge in [-0.25, -0.2) is 9.18 Å². The number of hydrogen-bond acceptors (Lipinski definition) is 2. The van der Waals surface area contributed by atoms with Crippen molar-refractivity contribution in [2.45, 2.75) is 19.0 Å². The van der Waals surface area contributed by atoms with E-state index in [1.807, 2.05) is 13.0 Å². The van der Waals surface area contributed by atoms with Crippen LogP contribution in [0.3, 0.4) is 0 Å². The number of nitrogens with zero attached hydrogens (tertiary/aromatic N) is 2. The lowest BCUT2D eigenvalue weighted by Gasteiger charge is -2.21. The molecule has 2 unspecified atom stereocenters. The highest BCUT2D eigenvalue weighted by Crippen LogP contribution is 2.29. The minimum absolute atomic E-state index is 0.00138. The van der Waals surface area contributed by atoms with Crippen LogP contribution in [-0.4, -0.2) is 42.0 Å². The van der Waals surface area contributed by atoms with Crippen molar-refractivity contribution >= 4 is 6.03 Å². The standard InChI is InChI=1S/C13H18FN3O/c1-9(7-15)17-8-12(16(2)13(17)18)10-4-3-5-11(14)6-10/h3-6,9,12H,7-8,15H2,1-2H3. The first-order valence-corrected chi connectivity index (χ1v) is 6.03. The molecule has 1 aromatic carbocycles. The van der Waals surface area contributed by atoms with Gasteiger partial charge < -0.3 is 15.5 Å². The molecule has 2 amide bonds. The lowest BCUT2D eigenvalue weighted by atomic mass is 10.1.